The van der Waals surface area contributed by atoms with Crippen molar-refractivity contribution in [1.29, 1.82) is 0 Å². The van der Waals surface area contributed by atoms with E-state index in [4.69, 9.17) is 4.74 Å². The number of aliphatic hydroxyl groups is 2. The summed E-state index contributed by atoms with van der Waals surface area (Å²) in [7, 11) is 0. The zero-order valence-electron chi connectivity index (χ0n) is 16.8. The quantitative estimate of drug-likeness (QED) is 0.688. The molecule has 2 aromatic rings. The van der Waals surface area contributed by atoms with Crippen LogP contribution in [-0.2, 0) is 16.0 Å². The number of carbonyl (C=O) groups excluding carboxylic acids is 2. The van der Waals surface area contributed by atoms with Gasteiger partial charge < -0.3 is 25.2 Å². The van der Waals surface area contributed by atoms with Crippen LogP contribution >= 0.6 is 0 Å². The molecule has 158 valence electrons. The molecule has 4 atom stereocenters. The van der Waals surface area contributed by atoms with Gasteiger partial charge in [-0.15, -0.1) is 0 Å². The fraction of sp³-hybridized carbons (Fsp3) is 0.391. The lowest BCUT2D eigenvalue weighted by atomic mass is 10.0. The molecule has 7 nitrogen and oxygen atoms in total. The average Bonchev–Trinajstić information content (AvgIpc) is 3.29. The molecular formula is C23H26N2O5. The van der Waals surface area contributed by atoms with Crippen LogP contribution in [0.2, 0.25) is 0 Å². The molecule has 0 saturated carbocycles. The summed E-state index contributed by atoms with van der Waals surface area (Å²) >= 11 is 0. The maximum atomic E-state index is 12.8. The molecule has 4 rings (SSSR count). The third-order valence-electron chi connectivity index (χ3n) is 5.80. The van der Waals surface area contributed by atoms with Crippen molar-refractivity contribution < 1.29 is 24.5 Å². The van der Waals surface area contributed by atoms with Crippen LogP contribution in [-0.4, -0.2) is 59.5 Å². The number of aliphatic hydroxyl groups excluding tert-OH is 2. The summed E-state index contributed by atoms with van der Waals surface area (Å²) < 4.78 is 5.75. The Balaban J connectivity index is 1.33. The zero-order valence-corrected chi connectivity index (χ0v) is 16.8. The Morgan fingerprint density at radius 2 is 1.77 bits per heavy atom. The standard InChI is InChI=1S/C23H26N2O5/c1-14-6-8-16(9-7-14)23(29)24-13-19-22(28)21(27)18(30-19)12-20(26)25-11-10-15-4-2-3-5-17(15)25/h2-9,18-19,21-22,27-28H,10-13H2,1H3,(H,24,29)/t18-,19+,21-,22+/m0/s1. The molecule has 2 aromatic carbocycles. The molecule has 2 aliphatic rings. The molecule has 2 aliphatic heterocycles. The van der Waals surface area contributed by atoms with Gasteiger partial charge >= 0.3 is 0 Å². The molecular weight excluding hydrogens is 384 g/mol. The van der Waals surface area contributed by atoms with Crippen LogP contribution in [0.1, 0.15) is 27.9 Å². The first kappa shape index (κ1) is 20.5. The number of rotatable bonds is 5. The van der Waals surface area contributed by atoms with E-state index in [-0.39, 0.29) is 24.8 Å². The molecule has 0 aliphatic carbocycles. The van der Waals surface area contributed by atoms with Crippen molar-refractivity contribution in [2.24, 2.45) is 0 Å². The minimum Gasteiger partial charge on any atom is -0.388 e. The number of hydrogen-bond donors (Lipinski definition) is 3. The van der Waals surface area contributed by atoms with E-state index >= 15 is 0 Å². The number of hydrogen-bond acceptors (Lipinski definition) is 5. The first-order valence-corrected chi connectivity index (χ1v) is 10.2. The fourth-order valence-electron chi connectivity index (χ4n) is 4.04. The van der Waals surface area contributed by atoms with Crippen LogP contribution in [0.3, 0.4) is 0 Å². The average molecular weight is 410 g/mol. The van der Waals surface area contributed by atoms with Crippen LogP contribution < -0.4 is 10.2 Å². The zero-order chi connectivity index (χ0) is 21.3. The summed E-state index contributed by atoms with van der Waals surface area (Å²) in [6.45, 7) is 2.58. The van der Waals surface area contributed by atoms with Crippen molar-refractivity contribution in [3.8, 4) is 0 Å². The van der Waals surface area contributed by atoms with Crippen LogP contribution in [0, 0.1) is 6.92 Å². The van der Waals surface area contributed by atoms with E-state index in [9.17, 15) is 19.8 Å². The van der Waals surface area contributed by atoms with Gasteiger partial charge in [0.05, 0.1) is 12.5 Å². The minimum absolute atomic E-state index is 0.0328. The minimum atomic E-state index is -1.19. The van der Waals surface area contributed by atoms with E-state index in [2.05, 4.69) is 5.32 Å². The molecule has 2 amide bonds. The topological polar surface area (TPSA) is 99.1 Å². The van der Waals surface area contributed by atoms with E-state index in [1.54, 1.807) is 17.0 Å². The lowest BCUT2D eigenvalue weighted by Crippen LogP contribution is -2.40. The molecule has 7 heteroatoms. The second-order valence-corrected chi connectivity index (χ2v) is 7.90. The number of nitrogens with one attached hydrogen (secondary N) is 1. The van der Waals surface area contributed by atoms with Gasteiger partial charge in [-0.25, -0.2) is 0 Å². The highest BCUT2D eigenvalue weighted by molar-refractivity contribution is 5.96. The summed E-state index contributed by atoms with van der Waals surface area (Å²) in [5, 5.41) is 23.4. The van der Waals surface area contributed by atoms with E-state index in [1.165, 1.54) is 0 Å². The number of aryl methyl sites for hydroxylation is 1. The molecule has 1 saturated heterocycles. The van der Waals surface area contributed by atoms with Gasteiger partial charge in [0, 0.05) is 24.3 Å². The Morgan fingerprint density at radius 3 is 2.53 bits per heavy atom. The summed E-state index contributed by atoms with van der Waals surface area (Å²) in [5.41, 5.74) is 3.57. The van der Waals surface area contributed by atoms with Crippen molar-refractivity contribution >= 4 is 17.5 Å². The molecule has 2 heterocycles. The van der Waals surface area contributed by atoms with Crippen molar-refractivity contribution in [3.05, 3.63) is 65.2 Å². The van der Waals surface area contributed by atoms with Gasteiger partial charge in [0.2, 0.25) is 5.91 Å². The number of carbonyl (C=O) groups is 2. The summed E-state index contributed by atoms with van der Waals surface area (Å²) in [5.74, 6) is -0.436. The van der Waals surface area contributed by atoms with E-state index < -0.39 is 24.4 Å². The monoisotopic (exact) mass is 410 g/mol. The van der Waals surface area contributed by atoms with E-state index in [0.717, 1.165) is 23.2 Å². The molecule has 3 N–H and O–H groups in total. The van der Waals surface area contributed by atoms with Crippen LogP contribution in [0.15, 0.2) is 48.5 Å². The number of amides is 2. The highest BCUT2D eigenvalue weighted by atomic mass is 16.5. The number of ether oxygens (including phenoxy) is 1. The maximum absolute atomic E-state index is 12.8. The van der Waals surface area contributed by atoms with Crippen LogP contribution in [0.25, 0.3) is 0 Å². The maximum Gasteiger partial charge on any atom is 0.251 e. The Morgan fingerprint density at radius 1 is 1.07 bits per heavy atom. The van der Waals surface area contributed by atoms with E-state index in [0.29, 0.717) is 12.1 Å². The Bertz CT molecular complexity index is 929. The Hall–Kier alpha value is -2.74. The fourth-order valence-corrected chi connectivity index (χ4v) is 4.04. The van der Waals surface area contributed by atoms with Gasteiger partial charge in [-0.2, -0.15) is 0 Å². The second-order valence-electron chi connectivity index (χ2n) is 7.90. The van der Waals surface area contributed by atoms with Crippen molar-refractivity contribution in [2.75, 3.05) is 18.0 Å². The second kappa shape index (κ2) is 8.55. The molecule has 0 bridgehead atoms. The molecule has 1 fully saturated rings. The number of benzene rings is 2. The molecule has 0 aromatic heterocycles. The van der Waals surface area contributed by atoms with Crippen molar-refractivity contribution in [3.63, 3.8) is 0 Å². The summed E-state index contributed by atoms with van der Waals surface area (Å²) in [4.78, 5) is 26.8. The van der Waals surface area contributed by atoms with Gasteiger partial charge in [0.1, 0.15) is 18.3 Å². The van der Waals surface area contributed by atoms with Gasteiger partial charge in [0.25, 0.3) is 5.91 Å². The highest BCUT2D eigenvalue weighted by Gasteiger charge is 2.44. The normalized spacial score (nSPS) is 25.2. The Kier molecular flexibility index (Phi) is 5.85. The third-order valence-corrected chi connectivity index (χ3v) is 5.80. The lowest BCUT2D eigenvalue weighted by molar-refractivity contribution is -0.122. The van der Waals surface area contributed by atoms with Crippen molar-refractivity contribution in [2.45, 2.75) is 44.2 Å². The van der Waals surface area contributed by atoms with Crippen LogP contribution in [0.4, 0.5) is 5.69 Å². The van der Waals surface area contributed by atoms with Gasteiger partial charge in [-0.3, -0.25) is 9.59 Å². The van der Waals surface area contributed by atoms with Crippen molar-refractivity contribution in [1.82, 2.24) is 5.32 Å². The Labute approximate surface area is 175 Å². The summed E-state index contributed by atoms with van der Waals surface area (Å²) in [6, 6.07) is 14.9. The molecule has 0 spiro atoms. The first-order valence-electron chi connectivity index (χ1n) is 10.2. The molecule has 0 unspecified atom stereocenters. The third kappa shape index (κ3) is 4.09. The largest absolute Gasteiger partial charge is 0.388 e. The van der Waals surface area contributed by atoms with Gasteiger partial charge in [-0.05, 0) is 37.1 Å². The number of nitrogens with zero attached hydrogens (tertiary/aromatic N) is 1. The van der Waals surface area contributed by atoms with Crippen LogP contribution in [0.5, 0.6) is 0 Å². The SMILES string of the molecule is Cc1ccc(C(=O)NC[C@H]2O[C@@H](CC(=O)N3CCc4ccccc43)[C@H](O)[C@@H]2O)cc1. The van der Waals surface area contributed by atoms with E-state index in [1.807, 2.05) is 43.3 Å². The number of anilines is 1. The molecule has 30 heavy (non-hydrogen) atoms. The predicted octanol–water partition coefficient (Wildman–Crippen LogP) is 1.19. The molecule has 0 radical (unpaired) electrons. The first-order chi connectivity index (χ1) is 14.4. The smallest absolute Gasteiger partial charge is 0.251 e. The number of fused-ring (bicyclic) bond motifs is 1. The lowest BCUT2D eigenvalue weighted by Gasteiger charge is -2.21. The summed E-state index contributed by atoms with van der Waals surface area (Å²) in [6.07, 6.45) is -3.19. The predicted molar refractivity (Wildman–Crippen MR) is 111 cm³/mol. The highest BCUT2D eigenvalue weighted by Crippen LogP contribution is 2.30. The van der Waals surface area contributed by atoms with Gasteiger partial charge in [-0.1, -0.05) is 35.9 Å². The number of para-hydroxylation sites is 1. The van der Waals surface area contributed by atoms with Gasteiger partial charge in [0.15, 0.2) is 0 Å².